The number of nitrogens with two attached hydrogens (primary N) is 2. The van der Waals surface area contributed by atoms with Crippen LogP contribution in [0.5, 0.6) is 23.0 Å². The Morgan fingerprint density at radius 1 is 0.676 bits per heavy atom. The molecule has 0 unspecified atom stereocenters. The zero-order valence-electron chi connectivity index (χ0n) is 23.0. The van der Waals surface area contributed by atoms with Crippen molar-refractivity contribution in [1.29, 1.82) is 0 Å². The maximum Gasteiger partial charge on any atom is 0.149 e. The van der Waals surface area contributed by atoms with Crippen molar-refractivity contribution in [2.24, 2.45) is 0 Å². The Balaban J connectivity index is 0.000000314. The molecule has 2 aromatic carbocycles. The fourth-order valence-electron chi connectivity index (χ4n) is 5.00. The topological polar surface area (TPSA) is 102 Å². The standard InChI is InChI=1S/C18H30N4O2.C8H12N2O2.CH4/c1-7-21-11-19(3)9-13-15(21)17(23-5)14-10-20(4)12-22(8-2)16(14)18(13)24-6;1-11-7-3-6(10)8(12-2)4-5(7)9;/h7-12H2,1-6H3;3-4H,9-10H2,1-2H3;1H4. The number of fused-ring (bicyclic) bond motifs is 2. The van der Waals surface area contributed by atoms with Crippen molar-refractivity contribution in [2.75, 3.05) is 90.2 Å². The average molecular weight is 519 g/mol. The molecule has 208 valence electrons. The number of hydrogen-bond acceptors (Lipinski definition) is 10. The molecule has 2 aromatic rings. The molecule has 0 fully saturated rings. The Kier molecular flexibility index (Phi) is 10.4. The molecule has 0 aliphatic carbocycles. The van der Waals surface area contributed by atoms with E-state index in [2.05, 4.69) is 47.5 Å². The lowest BCUT2D eigenvalue weighted by Crippen LogP contribution is -2.43. The summed E-state index contributed by atoms with van der Waals surface area (Å²) in [6, 6.07) is 3.27. The Morgan fingerprint density at radius 2 is 1.03 bits per heavy atom. The Labute approximate surface area is 222 Å². The Hall–Kier alpha value is -3.24. The Bertz CT molecular complexity index is 981. The summed E-state index contributed by atoms with van der Waals surface area (Å²) in [6.07, 6.45) is 0. The van der Waals surface area contributed by atoms with Gasteiger partial charge in [-0.05, 0) is 27.9 Å². The molecular weight excluding hydrogens is 472 g/mol. The van der Waals surface area contributed by atoms with Crippen molar-refractivity contribution in [1.82, 2.24) is 9.80 Å². The summed E-state index contributed by atoms with van der Waals surface area (Å²) >= 11 is 0. The van der Waals surface area contributed by atoms with Crippen LogP contribution in [-0.2, 0) is 13.1 Å². The van der Waals surface area contributed by atoms with Crippen molar-refractivity contribution in [2.45, 2.75) is 34.4 Å². The van der Waals surface area contributed by atoms with Gasteiger partial charge in [-0.3, -0.25) is 9.80 Å². The largest absolute Gasteiger partial charge is 0.495 e. The van der Waals surface area contributed by atoms with Crippen LogP contribution in [-0.4, -0.2) is 78.8 Å². The monoisotopic (exact) mass is 518 g/mol. The van der Waals surface area contributed by atoms with Gasteiger partial charge in [-0.25, -0.2) is 0 Å². The highest BCUT2D eigenvalue weighted by Crippen LogP contribution is 2.52. The van der Waals surface area contributed by atoms with E-state index in [1.807, 2.05) is 0 Å². The number of benzene rings is 2. The van der Waals surface area contributed by atoms with Crippen LogP contribution in [0.1, 0.15) is 32.4 Å². The van der Waals surface area contributed by atoms with E-state index in [1.54, 1.807) is 26.4 Å². The second-order valence-corrected chi connectivity index (χ2v) is 9.08. The van der Waals surface area contributed by atoms with Crippen molar-refractivity contribution in [3.8, 4) is 23.0 Å². The van der Waals surface area contributed by atoms with Gasteiger partial charge in [0, 0.05) is 49.4 Å². The molecule has 4 rings (SSSR count). The van der Waals surface area contributed by atoms with Gasteiger partial charge in [0.15, 0.2) is 0 Å². The second-order valence-electron chi connectivity index (χ2n) is 9.08. The predicted molar refractivity (Wildman–Crippen MR) is 153 cm³/mol. The third-order valence-corrected chi connectivity index (χ3v) is 6.62. The first-order chi connectivity index (χ1) is 17.2. The van der Waals surface area contributed by atoms with Crippen molar-refractivity contribution in [3.63, 3.8) is 0 Å². The fourth-order valence-corrected chi connectivity index (χ4v) is 5.00. The highest BCUT2D eigenvalue weighted by Gasteiger charge is 2.35. The van der Waals surface area contributed by atoms with Crippen molar-refractivity contribution >= 4 is 22.7 Å². The van der Waals surface area contributed by atoms with Gasteiger partial charge in [0.2, 0.25) is 0 Å². The lowest BCUT2D eigenvalue weighted by atomic mass is 9.97. The molecule has 2 heterocycles. The van der Waals surface area contributed by atoms with E-state index in [9.17, 15) is 0 Å². The highest BCUT2D eigenvalue weighted by atomic mass is 16.5. The normalized spacial score (nSPS) is 15.0. The molecule has 10 heteroatoms. The fraction of sp³-hybridized carbons (Fsp3) is 0.556. The molecule has 10 nitrogen and oxygen atoms in total. The summed E-state index contributed by atoms with van der Waals surface area (Å²) in [6.45, 7) is 9.87. The van der Waals surface area contributed by atoms with E-state index >= 15 is 0 Å². The van der Waals surface area contributed by atoms with E-state index < -0.39 is 0 Å². The summed E-state index contributed by atoms with van der Waals surface area (Å²) in [5.41, 5.74) is 17.2. The van der Waals surface area contributed by atoms with E-state index in [0.717, 1.165) is 51.0 Å². The Morgan fingerprint density at radius 3 is 1.30 bits per heavy atom. The van der Waals surface area contributed by atoms with Crippen LogP contribution in [0.3, 0.4) is 0 Å². The molecule has 0 atom stereocenters. The van der Waals surface area contributed by atoms with E-state index in [4.69, 9.17) is 30.4 Å². The van der Waals surface area contributed by atoms with Crippen LogP contribution >= 0.6 is 0 Å². The van der Waals surface area contributed by atoms with Crippen molar-refractivity contribution < 1.29 is 18.9 Å². The first-order valence-electron chi connectivity index (χ1n) is 12.2. The number of nitrogens with zero attached hydrogens (tertiary/aromatic N) is 4. The van der Waals surface area contributed by atoms with Gasteiger partial charge in [0.25, 0.3) is 0 Å². The van der Waals surface area contributed by atoms with Gasteiger partial charge in [0.1, 0.15) is 23.0 Å². The van der Waals surface area contributed by atoms with Gasteiger partial charge in [-0.1, -0.05) is 7.43 Å². The minimum Gasteiger partial charge on any atom is -0.495 e. The zero-order chi connectivity index (χ0) is 26.6. The number of anilines is 4. The predicted octanol–water partition coefficient (Wildman–Crippen LogP) is 3.67. The van der Waals surface area contributed by atoms with Crippen molar-refractivity contribution in [3.05, 3.63) is 23.3 Å². The first-order valence-corrected chi connectivity index (χ1v) is 12.2. The summed E-state index contributed by atoms with van der Waals surface area (Å²) in [5, 5.41) is 0. The molecule has 37 heavy (non-hydrogen) atoms. The van der Waals surface area contributed by atoms with Gasteiger partial charge in [0.05, 0.1) is 64.5 Å². The van der Waals surface area contributed by atoms with Crippen LogP contribution in [0.15, 0.2) is 12.1 Å². The first kappa shape index (κ1) is 30.0. The zero-order valence-corrected chi connectivity index (χ0v) is 23.0. The smallest absolute Gasteiger partial charge is 0.149 e. The minimum absolute atomic E-state index is 0. The van der Waals surface area contributed by atoms with E-state index in [1.165, 1.54) is 36.7 Å². The highest BCUT2D eigenvalue weighted by molar-refractivity contribution is 5.83. The van der Waals surface area contributed by atoms with E-state index in [-0.39, 0.29) is 7.43 Å². The third-order valence-electron chi connectivity index (χ3n) is 6.62. The third kappa shape index (κ3) is 5.86. The molecule has 4 N–H and O–H groups in total. The molecule has 0 bridgehead atoms. The van der Waals surface area contributed by atoms with Crippen LogP contribution in [0.2, 0.25) is 0 Å². The van der Waals surface area contributed by atoms with Gasteiger partial charge in [-0.2, -0.15) is 0 Å². The minimum atomic E-state index is 0. The molecule has 0 spiro atoms. The average Bonchev–Trinajstić information content (AvgIpc) is 2.87. The lowest BCUT2D eigenvalue weighted by Gasteiger charge is -2.43. The SMILES string of the molecule is C.CCN1CN(C)Cc2c(OC)c3c(c(OC)c21)CN(C)CN3CC.COc1cc(N)c(OC)cc1N. The van der Waals surface area contributed by atoms with Crippen LogP contribution < -0.4 is 40.2 Å². The number of hydrogen-bond donors (Lipinski definition) is 2. The molecule has 0 saturated heterocycles. The molecular formula is C27H46N6O4. The van der Waals surface area contributed by atoms with Gasteiger partial charge < -0.3 is 40.2 Å². The molecule has 2 aliphatic rings. The van der Waals surface area contributed by atoms with Crippen LogP contribution in [0.4, 0.5) is 22.7 Å². The second kappa shape index (κ2) is 12.8. The molecule has 0 saturated carbocycles. The maximum atomic E-state index is 5.95. The number of nitrogen functional groups attached to an aromatic ring is 2. The van der Waals surface area contributed by atoms with Crippen LogP contribution in [0.25, 0.3) is 0 Å². The van der Waals surface area contributed by atoms with Crippen LogP contribution in [0, 0.1) is 0 Å². The lowest BCUT2D eigenvalue weighted by molar-refractivity contribution is 0.280. The molecule has 0 radical (unpaired) electrons. The summed E-state index contributed by atoms with van der Waals surface area (Å²) < 4.78 is 21.8. The van der Waals surface area contributed by atoms with Gasteiger partial charge >= 0.3 is 0 Å². The van der Waals surface area contributed by atoms with Gasteiger partial charge in [-0.15, -0.1) is 0 Å². The quantitative estimate of drug-likeness (QED) is 0.551. The number of ether oxygens (including phenoxy) is 4. The molecule has 0 amide bonds. The summed E-state index contributed by atoms with van der Waals surface area (Å²) in [5.74, 6) is 3.16. The number of methoxy groups -OCH3 is 4. The number of rotatable bonds is 6. The molecule has 2 aliphatic heterocycles. The molecule has 0 aromatic heterocycles. The maximum absolute atomic E-state index is 5.95. The van der Waals surface area contributed by atoms with E-state index in [0.29, 0.717) is 22.9 Å². The summed E-state index contributed by atoms with van der Waals surface area (Å²) in [4.78, 5) is 9.41. The summed E-state index contributed by atoms with van der Waals surface area (Å²) in [7, 11) is 11.0.